The van der Waals surface area contributed by atoms with Gasteiger partial charge in [-0.05, 0) is 37.1 Å². The summed E-state index contributed by atoms with van der Waals surface area (Å²) in [5, 5.41) is 5.62. The average molecular weight is 585 g/mol. The Balaban J connectivity index is 1.28. The lowest BCUT2D eigenvalue weighted by Crippen LogP contribution is -2.31. The Morgan fingerprint density at radius 3 is 1.39 bits per heavy atom. The Kier molecular flexibility index (Phi) is 9.67. The maximum atomic E-state index is 13.1. The van der Waals surface area contributed by atoms with Crippen LogP contribution >= 0.6 is 48.0 Å². The number of nitrogens with zero attached hydrogens (tertiary/aromatic N) is 2. The second kappa shape index (κ2) is 13.1. The SMILES string of the molecule is O=C(CCCN1C(=O)C(=C2SC(=S)N(CCCC(=O)Nc3ccccc3)C2=O)SC1=S)Nc1ccccc1. The van der Waals surface area contributed by atoms with Crippen molar-refractivity contribution >= 4 is 91.6 Å². The Morgan fingerprint density at radius 1 is 0.658 bits per heavy atom. The van der Waals surface area contributed by atoms with Crippen LogP contribution < -0.4 is 10.6 Å². The van der Waals surface area contributed by atoms with Crippen LogP contribution in [-0.4, -0.2) is 55.2 Å². The van der Waals surface area contributed by atoms with Crippen LogP contribution in [0, 0.1) is 0 Å². The molecule has 0 aromatic heterocycles. The fourth-order valence-electron chi connectivity index (χ4n) is 3.74. The van der Waals surface area contributed by atoms with E-state index in [1.165, 1.54) is 9.80 Å². The molecule has 4 rings (SSSR count). The highest BCUT2D eigenvalue weighted by molar-refractivity contribution is 8.29. The van der Waals surface area contributed by atoms with Gasteiger partial charge in [-0.3, -0.25) is 29.0 Å². The molecule has 2 aliphatic heterocycles. The van der Waals surface area contributed by atoms with Crippen LogP contribution in [0.25, 0.3) is 0 Å². The normalized spacial score (nSPS) is 17.4. The molecule has 2 saturated heterocycles. The zero-order valence-electron chi connectivity index (χ0n) is 20.2. The van der Waals surface area contributed by atoms with Crippen molar-refractivity contribution in [3.05, 3.63) is 70.5 Å². The third-order valence-electron chi connectivity index (χ3n) is 5.59. The smallest absolute Gasteiger partial charge is 0.267 e. The number of rotatable bonds is 10. The van der Waals surface area contributed by atoms with Gasteiger partial charge in [0.05, 0.1) is 9.81 Å². The molecule has 0 saturated carbocycles. The number of carbonyl (C=O) groups is 4. The van der Waals surface area contributed by atoms with Crippen LogP contribution in [0.4, 0.5) is 11.4 Å². The maximum Gasteiger partial charge on any atom is 0.267 e. The van der Waals surface area contributed by atoms with E-state index in [1.54, 1.807) is 24.3 Å². The van der Waals surface area contributed by atoms with E-state index in [0.717, 1.165) is 23.5 Å². The van der Waals surface area contributed by atoms with Gasteiger partial charge in [-0.1, -0.05) is 84.4 Å². The van der Waals surface area contributed by atoms with Crippen molar-refractivity contribution in [1.29, 1.82) is 0 Å². The summed E-state index contributed by atoms with van der Waals surface area (Å²) in [6.45, 7) is 0.542. The first-order chi connectivity index (χ1) is 18.3. The molecule has 2 fully saturated rings. The number of carbonyl (C=O) groups excluding carboxylic acids is 4. The summed E-state index contributed by atoms with van der Waals surface area (Å²) >= 11 is 12.9. The first-order valence-electron chi connectivity index (χ1n) is 11.8. The number of hydrogen-bond acceptors (Lipinski definition) is 8. The molecule has 0 aliphatic carbocycles. The summed E-state index contributed by atoms with van der Waals surface area (Å²) in [5.74, 6) is -1.02. The van der Waals surface area contributed by atoms with E-state index in [2.05, 4.69) is 10.6 Å². The quantitative estimate of drug-likeness (QED) is 0.305. The largest absolute Gasteiger partial charge is 0.326 e. The molecule has 0 bridgehead atoms. The Bertz CT molecular complexity index is 1200. The summed E-state index contributed by atoms with van der Waals surface area (Å²) in [7, 11) is 0. The number of benzene rings is 2. The molecule has 0 atom stereocenters. The van der Waals surface area contributed by atoms with Crippen LogP contribution in [0.3, 0.4) is 0 Å². The first-order valence-corrected chi connectivity index (χ1v) is 14.3. The fraction of sp³-hybridized carbons (Fsp3) is 0.231. The lowest BCUT2D eigenvalue weighted by atomic mass is 10.2. The number of thiocarbonyl (C=S) groups is 2. The second-order valence-corrected chi connectivity index (χ2v) is 11.6. The molecular formula is C26H24N4O4S4. The number of anilines is 2. The number of para-hydroxylation sites is 2. The minimum absolute atomic E-state index is 0.153. The van der Waals surface area contributed by atoms with E-state index < -0.39 is 0 Å². The first kappa shape index (κ1) is 28.0. The molecule has 38 heavy (non-hydrogen) atoms. The van der Waals surface area contributed by atoms with Gasteiger partial charge in [0.15, 0.2) is 0 Å². The minimum atomic E-state index is -0.355. The standard InChI is InChI=1S/C26H24N4O4S4/c31-19(27-17-9-3-1-4-10-17)13-7-15-29-23(33)21(37-25(29)35)22-24(34)30(26(36)38-22)16-8-14-20(32)28-18-11-5-2-6-12-18/h1-6,9-12H,7-8,13-16H2,(H,27,31)(H,28,32). The molecule has 2 aromatic rings. The van der Waals surface area contributed by atoms with Gasteiger partial charge in [-0.15, -0.1) is 0 Å². The zero-order valence-corrected chi connectivity index (χ0v) is 23.4. The summed E-state index contributed by atoms with van der Waals surface area (Å²) < 4.78 is 0.688. The van der Waals surface area contributed by atoms with Gasteiger partial charge in [-0.2, -0.15) is 0 Å². The monoisotopic (exact) mass is 584 g/mol. The van der Waals surface area contributed by atoms with Crippen LogP contribution in [0.5, 0.6) is 0 Å². The van der Waals surface area contributed by atoms with Crippen molar-refractivity contribution < 1.29 is 19.2 Å². The van der Waals surface area contributed by atoms with E-state index in [-0.39, 0.29) is 59.4 Å². The van der Waals surface area contributed by atoms with Crippen molar-refractivity contribution in [3.63, 3.8) is 0 Å². The highest BCUT2D eigenvalue weighted by Gasteiger charge is 2.41. The molecule has 2 N–H and O–H groups in total. The van der Waals surface area contributed by atoms with Gasteiger partial charge in [0.2, 0.25) is 11.8 Å². The predicted octanol–water partition coefficient (Wildman–Crippen LogP) is 4.76. The van der Waals surface area contributed by atoms with Crippen molar-refractivity contribution in [1.82, 2.24) is 9.80 Å². The molecule has 2 aliphatic rings. The van der Waals surface area contributed by atoms with E-state index in [0.29, 0.717) is 32.9 Å². The van der Waals surface area contributed by atoms with Gasteiger partial charge in [0.1, 0.15) is 8.64 Å². The van der Waals surface area contributed by atoms with Crippen LogP contribution in [0.2, 0.25) is 0 Å². The van der Waals surface area contributed by atoms with Crippen molar-refractivity contribution in [2.75, 3.05) is 23.7 Å². The Hall–Kier alpha value is -3.06. The molecule has 12 heteroatoms. The van der Waals surface area contributed by atoms with E-state index in [4.69, 9.17) is 24.4 Å². The molecule has 8 nitrogen and oxygen atoms in total. The minimum Gasteiger partial charge on any atom is -0.326 e. The second-order valence-electron chi connectivity index (χ2n) is 8.34. The van der Waals surface area contributed by atoms with Gasteiger partial charge in [0.25, 0.3) is 11.8 Å². The number of thioether (sulfide) groups is 2. The number of nitrogens with one attached hydrogen (secondary N) is 2. The lowest BCUT2D eigenvalue weighted by Gasteiger charge is -2.14. The topological polar surface area (TPSA) is 98.8 Å². The number of hydrogen-bond donors (Lipinski definition) is 2. The lowest BCUT2D eigenvalue weighted by molar-refractivity contribution is -0.124. The average Bonchev–Trinajstić information content (AvgIpc) is 3.34. The maximum absolute atomic E-state index is 13.1. The van der Waals surface area contributed by atoms with Crippen molar-refractivity contribution in [2.24, 2.45) is 0 Å². The van der Waals surface area contributed by atoms with Gasteiger partial charge < -0.3 is 10.6 Å². The molecule has 0 radical (unpaired) electrons. The van der Waals surface area contributed by atoms with Crippen molar-refractivity contribution in [3.8, 4) is 0 Å². The fourth-order valence-corrected chi connectivity index (χ4v) is 6.51. The Labute approximate surface area is 239 Å². The van der Waals surface area contributed by atoms with Crippen LogP contribution in [0.15, 0.2) is 70.5 Å². The molecule has 2 aromatic carbocycles. The van der Waals surface area contributed by atoms with Gasteiger partial charge in [-0.25, -0.2) is 0 Å². The third-order valence-corrected chi connectivity index (χ3v) is 8.62. The highest BCUT2D eigenvalue weighted by atomic mass is 32.2. The van der Waals surface area contributed by atoms with E-state index >= 15 is 0 Å². The highest BCUT2D eigenvalue weighted by Crippen LogP contribution is 2.42. The van der Waals surface area contributed by atoms with Gasteiger partial charge in [0, 0.05) is 37.3 Å². The zero-order chi connectivity index (χ0) is 27.1. The molecule has 0 spiro atoms. The Morgan fingerprint density at radius 2 is 1.03 bits per heavy atom. The molecule has 4 amide bonds. The summed E-state index contributed by atoms with van der Waals surface area (Å²) in [5.41, 5.74) is 1.42. The predicted molar refractivity (Wildman–Crippen MR) is 159 cm³/mol. The van der Waals surface area contributed by atoms with E-state index in [1.807, 2.05) is 36.4 Å². The third kappa shape index (κ3) is 7.07. The number of amides is 4. The van der Waals surface area contributed by atoms with Crippen molar-refractivity contribution in [2.45, 2.75) is 25.7 Å². The van der Waals surface area contributed by atoms with Gasteiger partial charge >= 0.3 is 0 Å². The summed E-state index contributed by atoms with van der Waals surface area (Å²) in [6.07, 6.45) is 1.29. The molecule has 2 heterocycles. The molecular weight excluding hydrogens is 561 g/mol. The van der Waals surface area contributed by atoms with E-state index in [9.17, 15) is 19.2 Å². The summed E-state index contributed by atoms with van der Waals surface area (Å²) in [6, 6.07) is 18.3. The van der Waals surface area contributed by atoms with Crippen LogP contribution in [0.1, 0.15) is 25.7 Å². The molecule has 196 valence electrons. The summed E-state index contributed by atoms with van der Waals surface area (Å²) in [4.78, 5) is 53.9. The van der Waals surface area contributed by atoms with Crippen LogP contribution in [-0.2, 0) is 19.2 Å². The molecule has 0 unspecified atom stereocenters.